The van der Waals surface area contributed by atoms with E-state index in [0.29, 0.717) is 5.56 Å². The number of hydrogen-bond donors (Lipinski definition) is 0. The lowest BCUT2D eigenvalue weighted by Crippen LogP contribution is -1.93. The molecule has 4 heteroatoms. The molecule has 0 aliphatic carbocycles. The molecule has 0 spiro atoms. The van der Waals surface area contributed by atoms with Crippen LogP contribution >= 0.6 is 23.2 Å². The predicted octanol–water partition coefficient (Wildman–Crippen LogP) is 2.91. The molecular weight excluding hydrogens is 183 g/mol. The topological polar surface area (TPSA) is 25.8 Å². The van der Waals surface area contributed by atoms with E-state index >= 15 is 0 Å². The normalized spacial score (nSPS) is 18.3. The Labute approximate surface area is 79.8 Å². The first-order chi connectivity index (χ1) is 6.32. The molecule has 0 aliphatic heterocycles. The second kappa shape index (κ2) is 3.37. The fourth-order valence-electron chi connectivity index (χ4n) is 0.670. The first-order valence-electron chi connectivity index (χ1n) is 4.51. The fourth-order valence-corrected chi connectivity index (χ4v) is 1.08. The van der Waals surface area contributed by atoms with Crippen LogP contribution in [0.15, 0.2) is 6.07 Å². The molecule has 11 heavy (non-hydrogen) atoms. The van der Waals surface area contributed by atoms with Gasteiger partial charge in [0.25, 0.3) is 0 Å². The molecule has 0 aliphatic rings. The van der Waals surface area contributed by atoms with Crippen LogP contribution in [0.3, 0.4) is 0 Å². The van der Waals surface area contributed by atoms with E-state index in [0.717, 1.165) is 0 Å². The van der Waals surface area contributed by atoms with E-state index in [1.54, 1.807) is 6.92 Å². The van der Waals surface area contributed by atoms with Crippen molar-refractivity contribution in [1.29, 1.82) is 0 Å². The Kier molecular flexibility index (Phi) is 1.63. The van der Waals surface area contributed by atoms with Gasteiger partial charge in [0.05, 0.1) is 0 Å². The average Bonchev–Trinajstić information content (AvgIpc) is 2.06. The molecule has 0 saturated heterocycles. The monoisotopic (exact) mass is 193 g/mol. The summed E-state index contributed by atoms with van der Waals surface area (Å²) >= 11 is 11.3. The van der Waals surface area contributed by atoms with Crippen molar-refractivity contribution in [2.75, 3.05) is 0 Å². The lowest BCUT2D eigenvalue weighted by Gasteiger charge is -2.05. The fraction of sp³-hybridized carbons (Fsp3) is 0.429. The highest BCUT2D eigenvalue weighted by atomic mass is 35.5. The molecule has 1 heterocycles. The minimum Gasteiger partial charge on any atom is -0.137 e. The maximum atomic E-state index is 7.23. The Morgan fingerprint density at radius 2 is 2.27 bits per heavy atom. The van der Waals surface area contributed by atoms with Crippen molar-refractivity contribution >= 4 is 23.2 Å². The molecule has 1 aromatic rings. The summed E-state index contributed by atoms with van der Waals surface area (Å²) in [5.41, 5.74) is 0.395. The Morgan fingerprint density at radius 1 is 1.55 bits per heavy atom. The van der Waals surface area contributed by atoms with E-state index in [4.69, 9.17) is 27.3 Å². The van der Waals surface area contributed by atoms with Crippen molar-refractivity contribution in [2.45, 2.75) is 19.7 Å². The zero-order valence-electron chi connectivity index (χ0n) is 8.81. The molecule has 2 nitrogen and oxygen atoms in total. The number of nitrogens with zero attached hydrogens (tertiary/aromatic N) is 2. The van der Waals surface area contributed by atoms with Crippen LogP contribution in [-0.2, 0) is 0 Å². The smallest absolute Gasteiger partial charge is 0.137 e. The van der Waals surface area contributed by atoms with Gasteiger partial charge in [-0.05, 0) is 17.5 Å². The van der Waals surface area contributed by atoms with Crippen molar-refractivity contribution in [3.63, 3.8) is 0 Å². The van der Waals surface area contributed by atoms with E-state index in [9.17, 15) is 0 Å². The second-order valence-corrected chi connectivity index (χ2v) is 2.88. The molecule has 1 rings (SSSR count). The minimum atomic E-state index is -2.12. The van der Waals surface area contributed by atoms with Crippen molar-refractivity contribution in [3.8, 4) is 0 Å². The first-order valence-corrected chi connectivity index (χ1v) is 3.76. The van der Waals surface area contributed by atoms with Gasteiger partial charge in [0.1, 0.15) is 0 Å². The van der Waals surface area contributed by atoms with Crippen LogP contribution in [0.25, 0.3) is 0 Å². The maximum absolute atomic E-state index is 7.23. The summed E-state index contributed by atoms with van der Waals surface area (Å²) in [5, 5.41) is 7.27. The second-order valence-electron chi connectivity index (χ2n) is 2.13. The summed E-state index contributed by atoms with van der Waals surface area (Å²) in [4.78, 5) is 0. The standard InChI is InChI=1S/C7H8Cl2N2/c1-4(2)5-3-6(8)10-11-7(5)9/h3-4H,1-2H3/i1D3. The van der Waals surface area contributed by atoms with Crippen molar-refractivity contribution in [2.24, 2.45) is 0 Å². The highest BCUT2D eigenvalue weighted by molar-refractivity contribution is 6.31. The van der Waals surface area contributed by atoms with Gasteiger partial charge in [0.15, 0.2) is 10.3 Å². The number of hydrogen-bond acceptors (Lipinski definition) is 2. The zero-order chi connectivity index (χ0) is 10.9. The quantitative estimate of drug-likeness (QED) is 0.686. The van der Waals surface area contributed by atoms with Gasteiger partial charge in [-0.1, -0.05) is 37.0 Å². The van der Waals surface area contributed by atoms with Crippen molar-refractivity contribution < 1.29 is 4.11 Å². The van der Waals surface area contributed by atoms with E-state index in [1.807, 2.05) is 0 Å². The Morgan fingerprint density at radius 3 is 2.91 bits per heavy atom. The van der Waals surface area contributed by atoms with E-state index < -0.39 is 12.8 Å². The van der Waals surface area contributed by atoms with Crippen LogP contribution in [0.1, 0.15) is 29.4 Å². The third kappa shape index (κ3) is 2.04. The number of rotatable bonds is 1. The Balaban J connectivity index is 3.12. The van der Waals surface area contributed by atoms with Crippen LogP contribution in [0.2, 0.25) is 10.3 Å². The van der Waals surface area contributed by atoms with Gasteiger partial charge in [-0.25, -0.2) is 0 Å². The highest BCUT2D eigenvalue weighted by Gasteiger charge is 2.06. The molecule has 0 N–H and O–H groups in total. The van der Waals surface area contributed by atoms with Gasteiger partial charge in [-0.15, -0.1) is 10.2 Å². The third-order valence-electron chi connectivity index (χ3n) is 1.21. The van der Waals surface area contributed by atoms with Gasteiger partial charge in [-0.2, -0.15) is 0 Å². The average molecular weight is 194 g/mol. The Hall–Kier alpha value is -0.340. The number of aromatic nitrogens is 2. The molecular formula is C7H8Cl2N2. The summed E-state index contributed by atoms with van der Waals surface area (Å²) in [6.07, 6.45) is 0. The molecule has 0 saturated carbocycles. The number of halogens is 2. The first kappa shape index (κ1) is 5.33. The van der Waals surface area contributed by atoms with Gasteiger partial charge in [0.2, 0.25) is 0 Å². The maximum Gasteiger partial charge on any atom is 0.155 e. The van der Waals surface area contributed by atoms with Crippen LogP contribution in [0.5, 0.6) is 0 Å². The largest absolute Gasteiger partial charge is 0.155 e. The molecule has 60 valence electrons. The van der Waals surface area contributed by atoms with Gasteiger partial charge in [0, 0.05) is 4.11 Å². The van der Waals surface area contributed by atoms with Gasteiger partial charge >= 0.3 is 0 Å². The van der Waals surface area contributed by atoms with Gasteiger partial charge in [-0.3, -0.25) is 0 Å². The molecule has 1 aromatic heterocycles. The molecule has 0 radical (unpaired) electrons. The molecule has 0 fully saturated rings. The molecule has 0 aromatic carbocycles. The summed E-state index contributed by atoms with van der Waals surface area (Å²) in [5.74, 6) is -0.706. The summed E-state index contributed by atoms with van der Waals surface area (Å²) in [6.45, 7) is -0.567. The van der Waals surface area contributed by atoms with Crippen LogP contribution in [-0.4, -0.2) is 10.2 Å². The van der Waals surface area contributed by atoms with Gasteiger partial charge < -0.3 is 0 Å². The molecule has 0 bridgehead atoms. The van der Waals surface area contributed by atoms with E-state index in [1.165, 1.54) is 6.07 Å². The SMILES string of the molecule is [2H]C([2H])([2H])C(C)c1cc(Cl)nnc1Cl. The highest BCUT2D eigenvalue weighted by Crippen LogP contribution is 2.22. The third-order valence-corrected chi connectivity index (χ3v) is 1.69. The van der Waals surface area contributed by atoms with E-state index in [-0.39, 0.29) is 10.3 Å². The summed E-state index contributed by atoms with van der Waals surface area (Å²) < 4.78 is 21.7. The van der Waals surface area contributed by atoms with Crippen LogP contribution in [0, 0.1) is 0 Å². The predicted molar refractivity (Wildman–Crippen MR) is 46.1 cm³/mol. The zero-order valence-corrected chi connectivity index (χ0v) is 7.32. The lowest BCUT2D eigenvalue weighted by molar-refractivity contribution is 0.842. The Bertz CT molecular complexity index is 340. The molecule has 1 unspecified atom stereocenters. The molecule has 0 amide bonds. The lowest BCUT2D eigenvalue weighted by atomic mass is 10.1. The summed E-state index contributed by atoms with van der Waals surface area (Å²) in [7, 11) is 0. The van der Waals surface area contributed by atoms with Crippen LogP contribution in [0.4, 0.5) is 0 Å². The van der Waals surface area contributed by atoms with Crippen molar-refractivity contribution in [1.82, 2.24) is 10.2 Å². The van der Waals surface area contributed by atoms with Crippen LogP contribution < -0.4 is 0 Å². The van der Waals surface area contributed by atoms with Crippen molar-refractivity contribution in [3.05, 3.63) is 21.9 Å². The van der Waals surface area contributed by atoms with E-state index in [2.05, 4.69) is 10.2 Å². The summed E-state index contributed by atoms with van der Waals surface area (Å²) in [6, 6.07) is 1.42. The minimum absolute atomic E-state index is 0.0815. The molecule has 1 atom stereocenters.